The van der Waals surface area contributed by atoms with Crippen LogP contribution in [0.3, 0.4) is 0 Å². The number of carbonyl (C=O) groups is 2. The summed E-state index contributed by atoms with van der Waals surface area (Å²) in [5.74, 6) is -0.312. The summed E-state index contributed by atoms with van der Waals surface area (Å²) in [6.45, 7) is 9.38. The molecule has 1 heterocycles. The largest absolute Gasteiger partial charge is 0.378 e. The first kappa shape index (κ1) is 15.9. The van der Waals surface area contributed by atoms with Crippen LogP contribution in [0, 0.1) is 0 Å². The minimum Gasteiger partial charge on any atom is -0.378 e. The SMILES string of the molecule is CC(NC(=O)CC1COCCN1)C(=O)NC(C)(C)C. The molecule has 1 rings (SSSR count). The maximum absolute atomic E-state index is 11.8. The number of amides is 2. The molecule has 0 aliphatic carbocycles. The van der Waals surface area contributed by atoms with Gasteiger partial charge in [-0.1, -0.05) is 0 Å². The Morgan fingerprint density at radius 3 is 2.63 bits per heavy atom. The van der Waals surface area contributed by atoms with Crippen molar-refractivity contribution in [2.24, 2.45) is 0 Å². The molecule has 6 nitrogen and oxygen atoms in total. The first-order valence-electron chi connectivity index (χ1n) is 6.70. The van der Waals surface area contributed by atoms with Crippen molar-refractivity contribution >= 4 is 11.8 Å². The average molecular weight is 271 g/mol. The lowest BCUT2D eigenvalue weighted by Crippen LogP contribution is -2.52. The molecule has 2 amide bonds. The van der Waals surface area contributed by atoms with Gasteiger partial charge in [0.2, 0.25) is 11.8 Å². The van der Waals surface area contributed by atoms with Gasteiger partial charge in [-0.3, -0.25) is 9.59 Å². The third kappa shape index (κ3) is 6.54. The topological polar surface area (TPSA) is 79.5 Å². The number of ether oxygens (including phenoxy) is 1. The molecule has 0 saturated carbocycles. The van der Waals surface area contributed by atoms with Crippen molar-refractivity contribution < 1.29 is 14.3 Å². The van der Waals surface area contributed by atoms with Crippen molar-refractivity contribution in [3.8, 4) is 0 Å². The lowest BCUT2D eigenvalue weighted by atomic mass is 10.1. The van der Waals surface area contributed by atoms with Gasteiger partial charge >= 0.3 is 0 Å². The molecular weight excluding hydrogens is 246 g/mol. The van der Waals surface area contributed by atoms with E-state index in [1.807, 2.05) is 20.8 Å². The van der Waals surface area contributed by atoms with Crippen LogP contribution >= 0.6 is 0 Å². The van der Waals surface area contributed by atoms with Gasteiger partial charge in [0, 0.05) is 24.5 Å². The Morgan fingerprint density at radius 2 is 2.11 bits per heavy atom. The van der Waals surface area contributed by atoms with Crippen LogP contribution in [0.15, 0.2) is 0 Å². The number of rotatable bonds is 4. The molecule has 0 radical (unpaired) electrons. The van der Waals surface area contributed by atoms with Crippen molar-refractivity contribution in [3.63, 3.8) is 0 Å². The van der Waals surface area contributed by atoms with Crippen molar-refractivity contribution in [3.05, 3.63) is 0 Å². The van der Waals surface area contributed by atoms with E-state index in [2.05, 4.69) is 16.0 Å². The number of carbonyl (C=O) groups excluding carboxylic acids is 2. The van der Waals surface area contributed by atoms with Crippen LogP contribution in [0.25, 0.3) is 0 Å². The predicted octanol–water partition coefficient (Wildman–Crippen LogP) is -0.216. The number of nitrogens with one attached hydrogen (secondary N) is 3. The van der Waals surface area contributed by atoms with Gasteiger partial charge in [0.05, 0.1) is 13.2 Å². The summed E-state index contributed by atoms with van der Waals surface area (Å²) in [6.07, 6.45) is 0.327. The third-order valence-corrected chi connectivity index (χ3v) is 2.70. The van der Waals surface area contributed by atoms with Gasteiger partial charge in [-0.15, -0.1) is 0 Å². The molecule has 6 heteroatoms. The highest BCUT2D eigenvalue weighted by Gasteiger charge is 2.22. The molecule has 0 aromatic heterocycles. The smallest absolute Gasteiger partial charge is 0.242 e. The van der Waals surface area contributed by atoms with Crippen LogP contribution in [-0.4, -0.2) is 49.2 Å². The van der Waals surface area contributed by atoms with E-state index in [0.717, 1.165) is 6.54 Å². The third-order valence-electron chi connectivity index (χ3n) is 2.70. The molecule has 0 bridgehead atoms. The van der Waals surface area contributed by atoms with Gasteiger partial charge in [0.1, 0.15) is 6.04 Å². The number of morpholine rings is 1. The summed E-state index contributed by atoms with van der Waals surface area (Å²) in [6, 6.07) is -0.497. The zero-order valence-corrected chi connectivity index (χ0v) is 12.2. The predicted molar refractivity (Wildman–Crippen MR) is 72.7 cm³/mol. The van der Waals surface area contributed by atoms with Crippen LogP contribution in [-0.2, 0) is 14.3 Å². The van der Waals surface area contributed by atoms with E-state index < -0.39 is 6.04 Å². The Kier molecular flexibility index (Phi) is 5.75. The van der Waals surface area contributed by atoms with E-state index in [1.54, 1.807) is 6.92 Å². The quantitative estimate of drug-likeness (QED) is 0.661. The molecular formula is C13H25N3O3. The lowest BCUT2D eigenvalue weighted by Gasteiger charge is -2.25. The van der Waals surface area contributed by atoms with Crippen LogP contribution in [0.1, 0.15) is 34.1 Å². The van der Waals surface area contributed by atoms with E-state index in [1.165, 1.54) is 0 Å². The molecule has 19 heavy (non-hydrogen) atoms. The van der Waals surface area contributed by atoms with E-state index in [0.29, 0.717) is 19.6 Å². The zero-order valence-electron chi connectivity index (χ0n) is 12.2. The van der Waals surface area contributed by atoms with Crippen molar-refractivity contribution in [1.29, 1.82) is 0 Å². The van der Waals surface area contributed by atoms with E-state index in [4.69, 9.17) is 4.74 Å². The van der Waals surface area contributed by atoms with Crippen molar-refractivity contribution in [1.82, 2.24) is 16.0 Å². The van der Waals surface area contributed by atoms with Gasteiger partial charge in [-0.2, -0.15) is 0 Å². The summed E-state index contributed by atoms with van der Waals surface area (Å²) in [7, 11) is 0. The Balaban J connectivity index is 2.32. The zero-order chi connectivity index (χ0) is 14.5. The van der Waals surface area contributed by atoms with Gasteiger partial charge in [-0.25, -0.2) is 0 Å². The van der Waals surface area contributed by atoms with Gasteiger partial charge in [-0.05, 0) is 27.7 Å². The summed E-state index contributed by atoms with van der Waals surface area (Å²) < 4.78 is 5.28. The standard InChI is InChI=1S/C13H25N3O3/c1-9(12(18)16-13(2,3)4)15-11(17)7-10-8-19-6-5-14-10/h9-10,14H,5-8H2,1-4H3,(H,15,17)(H,16,18). The highest BCUT2D eigenvalue weighted by Crippen LogP contribution is 2.01. The van der Waals surface area contributed by atoms with Crippen LogP contribution in [0.2, 0.25) is 0 Å². The Morgan fingerprint density at radius 1 is 1.42 bits per heavy atom. The first-order chi connectivity index (χ1) is 8.78. The number of hydrogen-bond acceptors (Lipinski definition) is 4. The fraction of sp³-hybridized carbons (Fsp3) is 0.846. The van der Waals surface area contributed by atoms with Gasteiger partial charge in [0.25, 0.3) is 0 Å². The molecule has 1 fully saturated rings. The molecule has 2 atom stereocenters. The Hall–Kier alpha value is -1.14. The minimum absolute atomic E-state index is 0.0339. The molecule has 110 valence electrons. The fourth-order valence-electron chi connectivity index (χ4n) is 1.82. The molecule has 1 aliphatic rings. The first-order valence-corrected chi connectivity index (χ1v) is 6.70. The van der Waals surface area contributed by atoms with Gasteiger partial charge in [0.15, 0.2) is 0 Å². The summed E-state index contributed by atoms with van der Waals surface area (Å²) >= 11 is 0. The maximum Gasteiger partial charge on any atom is 0.242 e. The Bertz CT molecular complexity index is 320. The summed E-state index contributed by atoms with van der Waals surface area (Å²) in [4.78, 5) is 23.6. The molecule has 1 saturated heterocycles. The second kappa shape index (κ2) is 6.86. The fourth-order valence-corrected chi connectivity index (χ4v) is 1.82. The molecule has 0 aromatic rings. The molecule has 3 N–H and O–H groups in total. The van der Waals surface area contributed by atoms with Crippen LogP contribution < -0.4 is 16.0 Å². The van der Waals surface area contributed by atoms with E-state index in [9.17, 15) is 9.59 Å². The van der Waals surface area contributed by atoms with Crippen molar-refractivity contribution in [2.45, 2.75) is 51.7 Å². The van der Waals surface area contributed by atoms with Gasteiger partial charge < -0.3 is 20.7 Å². The van der Waals surface area contributed by atoms with E-state index >= 15 is 0 Å². The Labute approximate surface area is 114 Å². The van der Waals surface area contributed by atoms with Crippen LogP contribution in [0.5, 0.6) is 0 Å². The highest BCUT2D eigenvalue weighted by atomic mass is 16.5. The summed E-state index contributed by atoms with van der Waals surface area (Å²) in [5, 5.41) is 8.74. The maximum atomic E-state index is 11.8. The van der Waals surface area contributed by atoms with E-state index in [-0.39, 0.29) is 23.4 Å². The van der Waals surface area contributed by atoms with Crippen molar-refractivity contribution in [2.75, 3.05) is 19.8 Å². The molecule has 0 aromatic carbocycles. The monoisotopic (exact) mass is 271 g/mol. The highest BCUT2D eigenvalue weighted by molar-refractivity contribution is 5.87. The molecule has 0 spiro atoms. The normalized spacial score (nSPS) is 21.6. The minimum atomic E-state index is -0.531. The second-order valence-corrected chi connectivity index (χ2v) is 5.96. The van der Waals surface area contributed by atoms with Crippen LogP contribution in [0.4, 0.5) is 0 Å². The average Bonchev–Trinajstić information content (AvgIpc) is 2.27. The number of hydrogen-bond donors (Lipinski definition) is 3. The molecule has 1 aliphatic heterocycles. The molecule has 2 unspecified atom stereocenters. The lowest BCUT2D eigenvalue weighted by molar-refractivity contribution is -0.130. The summed E-state index contributed by atoms with van der Waals surface area (Å²) in [5.41, 5.74) is -0.297. The second-order valence-electron chi connectivity index (χ2n) is 5.96.